The maximum atomic E-state index is 12.9. The van der Waals surface area contributed by atoms with Crippen molar-refractivity contribution in [2.45, 2.75) is 31.6 Å². The van der Waals surface area contributed by atoms with Crippen LogP contribution >= 0.6 is 0 Å². The number of hydrogen-bond donors (Lipinski definition) is 1. The first kappa shape index (κ1) is 23.3. The molecular weight excluding hydrogens is 406 g/mol. The van der Waals surface area contributed by atoms with E-state index in [9.17, 15) is 22.8 Å². The molecule has 30 heavy (non-hydrogen) atoms. The van der Waals surface area contributed by atoms with Gasteiger partial charge in [-0.05, 0) is 31.0 Å². The molecule has 0 spiro atoms. The molecule has 0 atom stereocenters. The Hall–Kier alpha value is -2.94. The molecule has 1 aromatic heterocycles. The maximum Gasteiger partial charge on any atom is 0.274 e. The van der Waals surface area contributed by atoms with Gasteiger partial charge in [0.2, 0.25) is 0 Å². The number of rotatable bonds is 8. The standard InChI is InChI=1S/C21H27N3O5S/c1-5-11-24(12-6-2)20(26)15-13-17(21(27)23(3)14-15)22-19(25)16-9-7-8-10-18(16)30(4,28)29/h7-10,13-14H,5-6,11-12H2,1-4H3,(H,22,25). The zero-order valence-corrected chi connectivity index (χ0v) is 18.5. The SMILES string of the molecule is CCCN(CCC)C(=O)c1cc(NC(=O)c2ccccc2S(C)(=O)=O)c(=O)n(C)c1. The Balaban J connectivity index is 2.43. The van der Waals surface area contributed by atoms with Crippen molar-refractivity contribution in [1.82, 2.24) is 9.47 Å². The molecule has 0 aliphatic heterocycles. The van der Waals surface area contributed by atoms with E-state index in [1.807, 2.05) is 13.8 Å². The first-order valence-electron chi connectivity index (χ1n) is 9.70. The first-order chi connectivity index (χ1) is 14.1. The molecule has 8 nitrogen and oxygen atoms in total. The number of benzene rings is 1. The number of amides is 2. The minimum atomic E-state index is -3.64. The summed E-state index contributed by atoms with van der Waals surface area (Å²) < 4.78 is 25.2. The van der Waals surface area contributed by atoms with E-state index in [1.54, 1.807) is 4.90 Å². The van der Waals surface area contributed by atoms with Crippen LogP contribution in [0.4, 0.5) is 5.69 Å². The van der Waals surface area contributed by atoms with Crippen molar-refractivity contribution in [2.75, 3.05) is 24.7 Å². The van der Waals surface area contributed by atoms with E-state index < -0.39 is 21.3 Å². The van der Waals surface area contributed by atoms with Crippen LogP contribution in [0.15, 0.2) is 46.2 Å². The highest BCUT2D eigenvalue weighted by Gasteiger charge is 2.21. The van der Waals surface area contributed by atoms with Gasteiger partial charge in [-0.1, -0.05) is 26.0 Å². The average molecular weight is 434 g/mol. The van der Waals surface area contributed by atoms with Crippen molar-refractivity contribution in [3.8, 4) is 0 Å². The van der Waals surface area contributed by atoms with Crippen molar-refractivity contribution in [3.05, 3.63) is 58.0 Å². The van der Waals surface area contributed by atoms with Gasteiger partial charge in [-0.2, -0.15) is 0 Å². The van der Waals surface area contributed by atoms with Gasteiger partial charge in [-0.25, -0.2) is 8.42 Å². The molecule has 2 rings (SSSR count). The summed E-state index contributed by atoms with van der Waals surface area (Å²) in [4.78, 5) is 39.7. The second-order valence-electron chi connectivity index (χ2n) is 7.07. The van der Waals surface area contributed by atoms with Crippen LogP contribution in [0.2, 0.25) is 0 Å². The highest BCUT2D eigenvalue weighted by Crippen LogP contribution is 2.17. The van der Waals surface area contributed by atoms with E-state index in [2.05, 4.69) is 5.32 Å². The summed E-state index contributed by atoms with van der Waals surface area (Å²) in [5, 5.41) is 2.47. The van der Waals surface area contributed by atoms with Crippen molar-refractivity contribution in [2.24, 2.45) is 7.05 Å². The topological polar surface area (TPSA) is 106 Å². The number of aromatic nitrogens is 1. The predicted octanol–water partition coefficient (Wildman–Crippen LogP) is 2.30. The third-order valence-electron chi connectivity index (χ3n) is 4.48. The lowest BCUT2D eigenvalue weighted by Gasteiger charge is -2.22. The van der Waals surface area contributed by atoms with Crippen LogP contribution < -0.4 is 10.9 Å². The summed E-state index contributed by atoms with van der Waals surface area (Å²) in [5.74, 6) is -0.974. The molecule has 0 saturated heterocycles. The van der Waals surface area contributed by atoms with Gasteiger partial charge in [0.25, 0.3) is 17.4 Å². The monoisotopic (exact) mass is 433 g/mol. The van der Waals surface area contributed by atoms with E-state index in [-0.39, 0.29) is 27.6 Å². The molecule has 1 N–H and O–H groups in total. The predicted molar refractivity (Wildman–Crippen MR) is 116 cm³/mol. The van der Waals surface area contributed by atoms with Gasteiger partial charge in [0.1, 0.15) is 5.69 Å². The number of nitrogens with one attached hydrogen (secondary N) is 1. The number of hydrogen-bond acceptors (Lipinski definition) is 5. The average Bonchev–Trinajstić information content (AvgIpc) is 2.69. The molecule has 0 bridgehead atoms. The van der Waals surface area contributed by atoms with E-state index in [1.165, 1.54) is 48.1 Å². The quantitative estimate of drug-likeness (QED) is 0.688. The number of carbonyl (C=O) groups excluding carboxylic acids is 2. The van der Waals surface area contributed by atoms with E-state index in [0.29, 0.717) is 13.1 Å². The van der Waals surface area contributed by atoms with Gasteiger partial charge in [0.05, 0.1) is 16.0 Å². The lowest BCUT2D eigenvalue weighted by Crippen LogP contribution is -2.34. The second kappa shape index (κ2) is 9.71. The molecule has 9 heteroatoms. The van der Waals surface area contributed by atoms with Crippen LogP contribution in [0.3, 0.4) is 0 Å². The molecule has 2 aromatic rings. The normalized spacial score (nSPS) is 11.2. The van der Waals surface area contributed by atoms with Gasteiger partial charge < -0.3 is 14.8 Å². The van der Waals surface area contributed by atoms with E-state index >= 15 is 0 Å². The van der Waals surface area contributed by atoms with Crippen LogP contribution in [0.25, 0.3) is 0 Å². The van der Waals surface area contributed by atoms with Crippen LogP contribution in [0.5, 0.6) is 0 Å². The smallest absolute Gasteiger partial charge is 0.274 e. The minimum Gasteiger partial charge on any atom is -0.339 e. The Kier molecular flexibility index (Phi) is 7.55. The molecule has 1 aromatic carbocycles. The number of sulfone groups is 1. The lowest BCUT2D eigenvalue weighted by atomic mass is 10.2. The molecular formula is C21H27N3O5S. The highest BCUT2D eigenvalue weighted by molar-refractivity contribution is 7.90. The van der Waals surface area contributed by atoms with Gasteiger partial charge >= 0.3 is 0 Å². The summed E-state index contributed by atoms with van der Waals surface area (Å²) in [6.07, 6.45) is 4.03. The first-order valence-corrected chi connectivity index (χ1v) is 11.6. The van der Waals surface area contributed by atoms with Crippen molar-refractivity contribution in [3.63, 3.8) is 0 Å². The fourth-order valence-corrected chi connectivity index (χ4v) is 4.01. The molecule has 0 saturated carbocycles. The number of aryl methyl sites for hydroxylation is 1. The molecule has 0 unspecified atom stereocenters. The molecule has 0 aliphatic rings. The molecule has 0 fully saturated rings. The second-order valence-corrected chi connectivity index (χ2v) is 9.06. The zero-order chi connectivity index (χ0) is 22.5. The Morgan fingerprint density at radius 3 is 2.27 bits per heavy atom. The highest BCUT2D eigenvalue weighted by atomic mass is 32.2. The number of nitrogens with zero attached hydrogens (tertiary/aromatic N) is 2. The molecule has 0 aliphatic carbocycles. The van der Waals surface area contributed by atoms with Gasteiger partial charge in [-0.15, -0.1) is 0 Å². The molecule has 1 heterocycles. The van der Waals surface area contributed by atoms with Gasteiger partial charge in [-0.3, -0.25) is 14.4 Å². The largest absolute Gasteiger partial charge is 0.339 e. The van der Waals surface area contributed by atoms with Crippen molar-refractivity contribution in [1.29, 1.82) is 0 Å². The van der Waals surface area contributed by atoms with E-state index in [0.717, 1.165) is 19.1 Å². The lowest BCUT2D eigenvalue weighted by molar-refractivity contribution is 0.0754. The fraction of sp³-hybridized carbons (Fsp3) is 0.381. The Labute approximate surface area is 176 Å². The van der Waals surface area contributed by atoms with Crippen LogP contribution in [0.1, 0.15) is 47.4 Å². The molecule has 2 amide bonds. The fourth-order valence-electron chi connectivity index (χ4n) is 3.12. The minimum absolute atomic E-state index is 0.0719. The summed E-state index contributed by atoms with van der Waals surface area (Å²) in [6.45, 7) is 5.11. The van der Waals surface area contributed by atoms with Crippen molar-refractivity contribution >= 4 is 27.3 Å². The third-order valence-corrected chi connectivity index (χ3v) is 5.64. The van der Waals surface area contributed by atoms with Crippen molar-refractivity contribution < 1.29 is 18.0 Å². The Morgan fingerprint density at radius 2 is 1.70 bits per heavy atom. The van der Waals surface area contributed by atoms with Gasteiger partial charge in [0, 0.05) is 32.6 Å². The third kappa shape index (κ3) is 5.35. The number of anilines is 1. The van der Waals surface area contributed by atoms with E-state index in [4.69, 9.17) is 0 Å². The summed E-state index contributed by atoms with van der Waals surface area (Å²) in [7, 11) is -2.15. The van der Waals surface area contributed by atoms with Crippen LogP contribution in [-0.4, -0.2) is 49.0 Å². The molecule has 162 valence electrons. The number of pyridine rings is 1. The zero-order valence-electron chi connectivity index (χ0n) is 17.6. The Bertz CT molecular complexity index is 1100. The van der Waals surface area contributed by atoms with Gasteiger partial charge in [0.15, 0.2) is 9.84 Å². The summed E-state index contributed by atoms with van der Waals surface area (Å²) in [5.41, 5.74) is -0.401. The summed E-state index contributed by atoms with van der Waals surface area (Å²) in [6, 6.07) is 7.09. The van der Waals surface area contributed by atoms with Crippen LogP contribution in [0, 0.1) is 0 Å². The maximum absolute atomic E-state index is 12.9. The summed E-state index contributed by atoms with van der Waals surface area (Å²) >= 11 is 0. The Morgan fingerprint density at radius 1 is 1.10 bits per heavy atom. The number of carbonyl (C=O) groups is 2. The van der Waals surface area contributed by atoms with Crippen LogP contribution in [-0.2, 0) is 16.9 Å². The molecule has 0 radical (unpaired) electrons.